The molecule has 0 spiro atoms. The SMILES string of the molecule is O=C(NCCC1=CCCCC1)[C@@H]1CCCN(Cc2nc(-c3cccs3)no2)C1. The summed E-state index contributed by atoms with van der Waals surface area (Å²) in [6.45, 7) is 3.09. The van der Waals surface area contributed by atoms with E-state index in [0.717, 1.165) is 43.8 Å². The Bertz CT molecular complexity index is 799. The molecule has 1 aliphatic heterocycles. The van der Waals surface area contributed by atoms with Gasteiger partial charge in [-0.15, -0.1) is 11.3 Å². The number of allylic oxidation sites excluding steroid dienone is 1. The van der Waals surface area contributed by atoms with Gasteiger partial charge in [-0.2, -0.15) is 4.98 Å². The number of piperidine rings is 1. The van der Waals surface area contributed by atoms with Crippen LogP contribution in [0.5, 0.6) is 0 Å². The number of hydrogen-bond acceptors (Lipinski definition) is 6. The molecule has 7 heteroatoms. The van der Waals surface area contributed by atoms with Crippen molar-refractivity contribution in [2.75, 3.05) is 19.6 Å². The third-order valence-electron chi connectivity index (χ3n) is 5.58. The fraction of sp³-hybridized carbons (Fsp3) is 0.571. The highest BCUT2D eigenvalue weighted by Crippen LogP contribution is 2.23. The Morgan fingerprint density at radius 2 is 2.32 bits per heavy atom. The maximum absolute atomic E-state index is 12.6. The van der Waals surface area contributed by atoms with Crippen LogP contribution in [0, 0.1) is 5.92 Å². The van der Waals surface area contributed by atoms with Gasteiger partial charge < -0.3 is 9.84 Å². The van der Waals surface area contributed by atoms with Crippen LogP contribution < -0.4 is 5.32 Å². The summed E-state index contributed by atoms with van der Waals surface area (Å²) in [5, 5.41) is 9.23. The molecule has 150 valence electrons. The summed E-state index contributed by atoms with van der Waals surface area (Å²) in [6, 6.07) is 3.97. The second-order valence-electron chi connectivity index (χ2n) is 7.71. The first-order chi connectivity index (χ1) is 13.8. The van der Waals surface area contributed by atoms with E-state index in [0.29, 0.717) is 18.3 Å². The summed E-state index contributed by atoms with van der Waals surface area (Å²) in [7, 11) is 0. The first-order valence-electron chi connectivity index (χ1n) is 10.3. The Hall–Kier alpha value is -1.99. The van der Waals surface area contributed by atoms with Gasteiger partial charge in [-0.1, -0.05) is 22.9 Å². The van der Waals surface area contributed by atoms with Gasteiger partial charge in [-0.25, -0.2) is 0 Å². The van der Waals surface area contributed by atoms with Crippen LogP contribution in [0.25, 0.3) is 10.7 Å². The molecule has 1 amide bonds. The van der Waals surface area contributed by atoms with E-state index in [-0.39, 0.29) is 11.8 Å². The summed E-state index contributed by atoms with van der Waals surface area (Å²) in [4.78, 5) is 20.4. The van der Waals surface area contributed by atoms with Crippen molar-refractivity contribution in [1.29, 1.82) is 0 Å². The number of carbonyl (C=O) groups excluding carboxylic acids is 1. The quantitative estimate of drug-likeness (QED) is 0.711. The molecule has 4 rings (SSSR count). The molecule has 1 atom stereocenters. The fourth-order valence-electron chi connectivity index (χ4n) is 4.05. The lowest BCUT2D eigenvalue weighted by Crippen LogP contribution is -2.43. The van der Waals surface area contributed by atoms with Crippen molar-refractivity contribution in [3.8, 4) is 10.7 Å². The number of thiophene rings is 1. The van der Waals surface area contributed by atoms with Crippen LogP contribution in [0.15, 0.2) is 33.7 Å². The van der Waals surface area contributed by atoms with E-state index in [2.05, 4.69) is 26.4 Å². The van der Waals surface area contributed by atoms with Crippen LogP contribution >= 0.6 is 11.3 Å². The molecule has 0 aromatic carbocycles. The van der Waals surface area contributed by atoms with Gasteiger partial charge in [0.15, 0.2) is 0 Å². The van der Waals surface area contributed by atoms with Crippen LogP contribution in [0.4, 0.5) is 0 Å². The molecular weight excluding hydrogens is 372 g/mol. The van der Waals surface area contributed by atoms with E-state index in [1.54, 1.807) is 11.3 Å². The average molecular weight is 401 g/mol. The van der Waals surface area contributed by atoms with E-state index in [1.807, 2.05) is 17.5 Å². The molecule has 3 heterocycles. The zero-order valence-electron chi connectivity index (χ0n) is 16.2. The largest absolute Gasteiger partial charge is 0.356 e. The Morgan fingerprint density at radius 3 is 3.14 bits per heavy atom. The first-order valence-corrected chi connectivity index (χ1v) is 11.2. The van der Waals surface area contributed by atoms with Crippen LogP contribution in [0.2, 0.25) is 0 Å². The maximum Gasteiger partial charge on any atom is 0.241 e. The lowest BCUT2D eigenvalue weighted by molar-refractivity contribution is -0.126. The number of nitrogens with one attached hydrogen (secondary N) is 1. The molecule has 6 nitrogen and oxygen atoms in total. The number of nitrogens with zero attached hydrogens (tertiary/aromatic N) is 3. The van der Waals surface area contributed by atoms with E-state index in [9.17, 15) is 4.79 Å². The second kappa shape index (κ2) is 9.47. The molecule has 2 aliphatic rings. The van der Waals surface area contributed by atoms with E-state index < -0.39 is 0 Å². The van der Waals surface area contributed by atoms with Gasteiger partial charge in [0, 0.05) is 13.1 Å². The van der Waals surface area contributed by atoms with Crippen molar-refractivity contribution in [3.63, 3.8) is 0 Å². The Balaban J connectivity index is 1.24. The van der Waals surface area contributed by atoms with Gasteiger partial charge >= 0.3 is 0 Å². The highest BCUT2D eigenvalue weighted by atomic mass is 32.1. The van der Waals surface area contributed by atoms with Crippen LogP contribution in [-0.4, -0.2) is 40.6 Å². The zero-order chi connectivity index (χ0) is 19.2. The van der Waals surface area contributed by atoms with E-state index >= 15 is 0 Å². The van der Waals surface area contributed by atoms with Crippen LogP contribution in [-0.2, 0) is 11.3 Å². The summed E-state index contributed by atoms with van der Waals surface area (Å²) < 4.78 is 5.42. The molecule has 1 N–H and O–H groups in total. The Morgan fingerprint density at radius 1 is 1.36 bits per heavy atom. The minimum Gasteiger partial charge on any atom is -0.356 e. The third-order valence-corrected chi connectivity index (χ3v) is 6.44. The molecular formula is C21H28N4O2S. The molecule has 0 radical (unpaired) electrons. The van der Waals surface area contributed by atoms with E-state index in [1.165, 1.54) is 31.3 Å². The van der Waals surface area contributed by atoms with Gasteiger partial charge in [0.1, 0.15) is 0 Å². The van der Waals surface area contributed by atoms with Crippen LogP contribution in [0.1, 0.15) is 50.8 Å². The first kappa shape index (κ1) is 19.3. The second-order valence-corrected chi connectivity index (χ2v) is 8.66. The zero-order valence-corrected chi connectivity index (χ0v) is 17.0. The van der Waals surface area contributed by atoms with Crippen molar-refractivity contribution in [2.24, 2.45) is 5.92 Å². The number of aromatic nitrogens is 2. The number of rotatable bonds is 7. The summed E-state index contributed by atoms with van der Waals surface area (Å²) >= 11 is 1.60. The highest BCUT2D eigenvalue weighted by molar-refractivity contribution is 7.13. The highest BCUT2D eigenvalue weighted by Gasteiger charge is 2.26. The van der Waals surface area contributed by atoms with Gasteiger partial charge in [-0.3, -0.25) is 9.69 Å². The minimum absolute atomic E-state index is 0.0498. The minimum atomic E-state index is 0.0498. The van der Waals surface area contributed by atoms with Gasteiger partial charge in [0.25, 0.3) is 0 Å². The lowest BCUT2D eigenvalue weighted by Gasteiger charge is -2.30. The number of carbonyl (C=O) groups is 1. The summed E-state index contributed by atoms with van der Waals surface area (Å²) in [5.74, 6) is 1.50. The standard InChI is InChI=1S/C21H28N4O2S/c26-21(22-11-10-16-6-2-1-3-7-16)17-8-4-12-25(14-17)15-19-23-20(24-27-19)18-9-5-13-28-18/h5-6,9,13,17H,1-4,7-8,10-12,14-15H2,(H,22,26)/t17-/m1/s1. The van der Waals surface area contributed by atoms with Crippen molar-refractivity contribution in [2.45, 2.75) is 51.5 Å². The molecule has 1 fully saturated rings. The number of amides is 1. The molecule has 0 unspecified atom stereocenters. The summed E-state index contributed by atoms with van der Waals surface area (Å²) in [5.41, 5.74) is 1.51. The van der Waals surface area contributed by atoms with Gasteiger partial charge in [-0.05, 0) is 62.9 Å². The van der Waals surface area contributed by atoms with Crippen molar-refractivity contribution in [3.05, 3.63) is 35.1 Å². The number of hydrogen-bond donors (Lipinski definition) is 1. The average Bonchev–Trinajstić information content (AvgIpc) is 3.41. The maximum atomic E-state index is 12.6. The molecule has 1 saturated heterocycles. The fourth-order valence-corrected chi connectivity index (χ4v) is 4.70. The van der Waals surface area contributed by atoms with Crippen molar-refractivity contribution < 1.29 is 9.32 Å². The summed E-state index contributed by atoms with van der Waals surface area (Å²) in [6.07, 6.45) is 10.3. The molecule has 2 aromatic heterocycles. The normalized spacial score (nSPS) is 20.7. The topological polar surface area (TPSA) is 71.3 Å². The molecule has 28 heavy (non-hydrogen) atoms. The monoisotopic (exact) mass is 400 g/mol. The Kier molecular flexibility index (Phi) is 6.54. The molecule has 0 saturated carbocycles. The smallest absolute Gasteiger partial charge is 0.241 e. The third kappa shape index (κ3) is 5.08. The molecule has 2 aromatic rings. The van der Waals surface area contributed by atoms with Crippen LogP contribution in [0.3, 0.4) is 0 Å². The van der Waals surface area contributed by atoms with Gasteiger partial charge in [0.05, 0.1) is 17.3 Å². The number of likely N-dealkylation sites (tertiary alicyclic amines) is 1. The molecule has 1 aliphatic carbocycles. The van der Waals surface area contributed by atoms with Crippen molar-refractivity contribution >= 4 is 17.2 Å². The molecule has 0 bridgehead atoms. The van der Waals surface area contributed by atoms with Gasteiger partial charge in [0.2, 0.25) is 17.6 Å². The lowest BCUT2D eigenvalue weighted by atomic mass is 9.96. The Labute approximate surface area is 170 Å². The predicted molar refractivity (Wildman–Crippen MR) is 110 cm³/mol. The predicted octanol–water partition coefficient (Wildman–Crippen LogP) is 4.02. The van der Waals surface area contributed by atoms with E-state index in [4.69, 9.17) is 4.52 Å². The van der Waals surface area contributed by atoms with Crippen molar-refractivity contribution in [1.82, 2.24) is 20.4 Å².